The molecule has 1 aromatic rings. The molecule has 3 atom stereocenters. The van der Waals surface area contributed by atoms with Crippen LogP contribution >= 0.6 is 0 Å². The Hall–Kier alpha value is -1.75. The molecule has 3 fully saturated rings. The van der Waals surface area contributed by atoms with Gasteiger partial charge in [0.1, 0.15) is 11.9 Å². The smallest absolute Gasteiger partial charge is 0.312 e. The Balaban J connectivity index is 1.28. The van der Waals surface area contributed by atoms with E-state index in [0.29, 0.717) is 0 Å². The Bertz CT molecular complexity index is 689. The lowest BCUT2D eigenvalue weighted by molar-refractivity contribution is -0.149. The first kappa shape index (κ1) is 19.6. The first-order valence-corrected chi connectivity index (χ1v) is 10.9. The molecule has 154 valence electrons. The fourth-order valence-corrected chi connectivity index (χ4v) is 5.51. The predicted octanol–water partition coefficient (Wildman–Crippen LogP) is 3.58. The number of anilines is 1. The highest BCUT2D eigenvalue weighted by Crippen LogP contribution is 2.42. The van der Waals surface area contributed by atoms with Crippen molar-refractivity contribution in [3.8, 4) is 5.75 Å². The van der Waals surface area contributed by atoms with Crippen LogP contribution in [0.2, 0.25) is 0 Å². The van der Waals surface area contributed by atoms with E-state index >= 15 is 0 Å². The minimum atomic E-state index is -0.221. The molecule has 0 aliphatic carbocycles. The Labute approximate surface area is 169 Å². The third-order valence-electron chi connectivity index (χ3n) is 7.43. The number of para-hydroxylation sites is 2. The van der Waals surface area contributed by atoms with E-state index in [-0.39, 0.29) is 17.5 Å². The van der Waals surface area contributed by atoms with Gasteiger partial charge in [-0.25, -0.2) is 0 Å². The maximum absolute atomic E-state index is 12.3. The van der Waals surface area contributed by atoms with Crippen molar-refractivity contribution in [2.75, 3.05) is 44.7 Å². The van der Waals surface area contributed by atoms with Crippen LogP contribution in [0.4, 0.5) is 5.69 Å². The molecule has 28 heavy (non-hydrogen) atoms. The number of cyclic esters (lactones) is 1. The number of methoxy groups -OCH3 is 1. The molecule has 2 unspecified atom stereocenters. The number of fused-ring (bicyclic) bond motifs is 1. The zero-order valence-corrected chi connectivity index (χ0v) is 17.5. The van der Waals surface area contributed by atoms with Crippen LogP contribution in [-0.4, -0.2) is 56.8 Å². The van der Waals surface area contributed by atoms with Crippen LogP contribution in [0, 0.1) is 17.3 Å². The van der Waals surface area contributed by atoms with Crippen LogP contribution < -0.4 is 9.64 Å². The van der Waals surface area contributed by atoms with Crippen LogP contribution in [0.1, 0.15) is 39.5 Å². The average molecular weight is 387 g/mol. The molecule has 0 amide bonds. The van der Waals surface area contributed by atoms with Crippen LogP contribution in [0.5, 0.6) is 5.75 Å². The van der Waals surface area contributed by atoms with Gasteiger partial charge in [0.15, 0.2) is 0 Å². The summed E-state index contributed by atoms with van der Waals surface area (Å²) in [7, 11) is 1.75. The standard InChI is InChI=1S/C23H34N2O3/c1-4-23(5-2)12-19(28-22(23)26)10-11-24-13-17-15-25(16-18(17)14-24)20-8-6-7-9-21(20)27-3/h6-9,17-19H,4-5,10-16H2,1-3H3/t17?,18?,19-/m1/s1. The van der Waals surface area contributed by atoms with Crippen LogP contribution in [0.3, 0.4) is 0 Å². The van der Waals surface area contributed by atoms with E-state index in [1.165, 1.54) is 5.69 Å². The summed E-state index contributed by atoms with van der Waals surface area (Å²) in [4.78, 5) is 17.4. The Kier molecular flexibility index (Phi) is 5.55. The molecule has 0 saturated carbocycles. The van der Waals surface area contributed by atoms with Gasteiger partial charge in [0.05, 0.1) is 18.2 Å². The number of carbonyl (C=O) groups excluding carboxylic acids is 1. The molecule has 0 bridgehead atoms. The third kappa shape index (κ3) is 3.49. The summed E-state index contributed by atoms with van der Waals surface area (Å²) in [5, 5.41) is 0. The molecule has 3 aliphatic heterocycles. The number of benzene rings is 1. The van der Waals surface area contributed by atoms with Crippen LogP contribution in [0.25, 0.3) is 0 Å². The van der Waals surface area contributed by atoms with E-state index in [2.05, 4.69) is 35.8 Å². The lowest BCUT2D eigenvalue weighted by Gasteiger charge is -2.25. The molecule has 1 aromatic carbocycles. The highest BCUT2D eigenvalue weighted by molar-refractivity contribution is 5.78. The zero-order chi connectivity index (χ0) is 19.7. The van der Waals surface area contributed by atoms with Crippen molar-refractivity contribution in [3.63, 3.8) is 0 Å². The van der Waals surface area contributed by atoms with Gasteiger partial charge in [-0.2, -0.15) is 0 Å². The van der Waals surface area contributed by atoms with Gasteiger partial charge in [-0.15, -0.1) is 0 Å². The molecule has 0 aromatic heterocycles. The summed E-state index contributed by atoms with van der Waals surface area (Å²) >= 11 is 0. The summed E-state index contributed by atoms with van der Waals surface area (Å²) in [5.41, 5.74) is 1.00. The van der Waals surface area contributed by atoms with Crippen molar-refractivity contribution < 1.29 is 14.3 Å². The summed E-state index contributed by atoms with van der Waals surface area (Å²) in [5.74, 6) is 2.45. The number of likely N-dealkylation sites (tertiary alicyclic amines) is 1. The molecule has 3 saturated heterocycles. The van der Waals surface area contributed by atoms with Crippen molar-refractivity contribution in [3.05, 3.63) is 24.3 Å². The predicted molar refractivity (Wildman–Crippen MR) is 111 cm³/mol. The first-order valence-electron chi connectivity index (χ1n) is 10.9. The highest BCUT2D eigenvalue weighted by atomic mass is 16.6. The number of rotatable bonds is 7. The minimum absolute atomic E-state index is 0.0354. The molecule has 0 spiro atoms. The van der Waals surface area contributed by atoms with E-state index in [9.17, 15) is 4.79 Å². The van der Waals surface area contributed by atoms with Gasteiger partial charge in [0.2, 0.25) is 0 Å². The highest BCUT2D eigenvalue weighted by Gasteiger charge is 2.46. The van der Waals surface area contributed by atoms with E-state index in [1.807, 2.05) is 12.1 Å². The maximum Gasteiger partial charge on any atom is 0.312 e. The largest absolute Gasteiger partial charge is 0.495 e. The fourth-order valence-electron chi connectivity index (χ4n) is 5.51. The SMILES string of the molecule is CCC1(CC)C[C@@H](CCN2CC3CN(c4ccccc4OC)CC3C2)OC1=O. The molecular formula is C23H34N2O3. The first-order chi connectivity index (χ1) is 13.6. The van der Waals surface area contributed by atoms with E-state index in [1.54, 1.807) is 7.11 Å². The second kappa shape index (κ2) is 7.94. The van der Waals surface area contributed by atoms with Gasteiger partial charge < -0.3 is 19.3 Å². The van der Waals surface area contributed by atoms with Gasteiger partial charge in [0.25, 0.3) is 0 Å². The van der Waals surface area contributed by atoms with E-state index in [4.69, 9.17) is 9.47 Å². The van der Waals surface area contributed by atoms with Crippen molar-refractivity contribution in [1.29, 1.82) is 0 Å². The number of esters is 1. The van der Waals surface area contributed by atoms with Crippen molar-refractivity contribution in [1.82, 2.24) is 4.90 Å². The van der Waals surface area contributed by atoms with Crippen molar-refractivity contribution >= 4 is 11.7 Å². The number of nitrogens with zero attached hydrogens (tertiary/aromatic N) is 2. The van der Waals surface area contributed by atoms with Gasteiger partial charge in [-0.3, -0.25) is 4.79 Å². The average Bonchev–Trinajstić information content (AvgIpc) is 3.37. The molecule has 4 rings (SSSR count). The van der Waals surface area contributed by atoms with Crippen molar-refractivity contribution in [2.24, 2.45) is 17.3 Å². The molecule has 3 heterocycles. The number of ether oxygens (including phenoxy) is 2. The topological polar surface area (TPSA) is 42.0 Å². The van der Waals surface area contributed by atoms with E-state index < -0.39 is 0 Å². The van der Waals surface area contributed by atoms with E-state index in [0.717, 1.165) is 76.0 Å². The van der Waals surface area contributed by atoms with Gasteiger partial charge >= 0.3 is 5.97 Å². The molecule has 5 nitrogen and oxygen atoms in total. The summed E-state index contributed by atoms with van der Waals surface area (Å²) in [6.45, 7) is 9.80. The third-order valence-corrected chi connectivity index (χ3v) is 7.43. The quantitative estimate of drug-likeness (QED) is 0.670. The number of hydrogen-bond donors (Lipinski definition) is 0. The molecular weight excluding hydrogens is 352 g/mol. The second-order valence-electron chi connectivity index (χ2n) is 8.86. The molecule has 5 heteroatoms. The number of hydrogen-bond acceptors (Lipinski definition) is 5. The van der Waals surface area contributed by atoms with Crippen LogP contribution in [0.15, 0.2) is 24.3 Å². The Morgan fingerprint density at radius 3 is 2.39 bits per heavy atom. The van der Waals surface area contributed by atoms with Gasteiger partial charge in [-0.05, 0) is 43.2 Å². The maximum atomic E-state index is 12.3. The van der Waals surface area contributed by atoms with Gasteiger partial charge in [0, 0.05) is 39.1 Å². The Morgan fingerprint density at radius 1 is 1.11 bits per heavy atom. The summed E-state index contributed by atoms with van der Waals surface area (Å²) in [6.07, 6.45) is 3.78. The minimum Gasteiger partial charge on any atom is -0.495 e. The monoisotopic (exact) mass is 386 g/mol. The molecule has 3 aliphatic rings. The second-order valence-corrected chi connectivity index (χ2v) is 8.86. The Morgan fingerprint density at radius 2 is 1.79 bits per heavy atom. The van der Waals surface area contributed by atoms with Gasteiger partial charge in [-0.1, -0.05) is 26.0 Å². The summed E-state index contributed by atoms with van der Waals surface area (Å²) < 4.78 is 11.3. The summed E-state index contributed by atoms with van der Waals surface area (Å²) in [6, 6.07) is 8.33. The molecule has 0 radical (unpaired) electrons. The lowest BCUT2D eigenvalue weighted by Crippen LogP contribution is -2.31. The van der Waals surface area contributed by atoms with Crippen LogP contribution in [-0.2, 0) is 9.53 Å². The normalized spacial score (nSPS) is 29.2. The molecule has 0 N–H and O–H groups in total. The number of carbonyl (C=O) groups is 1. The zero-order valence-electron chi connectivity index (χ0n) is 17.5. The fraction of sp³-hybridized carbons (Fsp3) is 0.696. The van der Waals surface area contributed by atoms with Crippen molar-refractivity contribution in [2.45, 2.75) is 45.6 Å². The lowest BCUT2D eigenvalue weighted by atomic mass is 9.79.